The Hall–Kier alpha value is -3.65. The molecular formula is C29H29F3N2O5. The highest BCUT2D eigenvalue weighted by atomic mass is 19.1. The molecule has 0 radical (unpaired) electrons. The first-order valence-electron chi connectivity index (χ1n) is 12.5. The molecular weight excluding hydrogens is 513 g/mol. The fraction of sp³-hybridized carbons (Fsp3) is 0.379. The highest BCUT2D eigenvalue weighted by Crippen LogP contribution is 2.40. The third-order valence-electron chi connectivity index (χ3n) is 7.39. The Bertz CT molecular complexity index is 1400. The maximum Gasteiger partial charge on any atom is 0.309 e. The van der Waals surface area contributed by atoms with E-state index >= 15 is 0 Å². The number of aliphatic carboxylic acids is 1. The second-order valence-electron chi connectivity index (χ2n) is 9.70. The van der Waals surface area contributed by atoms with Gasteiger partial charge in [-0.2, -0.15) is 0 Å². The van der Waals surface area contributed by atoms with Crippen LogP contribution in [0.4, 0.5) is 13.2 Å². The Morgan fingerprint density at radius 1 is 1.18 bits per heavy atom. The molecule has 0 unspecified atom stereocenters. The minimum Gasteiger partial charge on any atom is -0.497 e. The zero-order valence-electron chi connectivity index (χ0n) is 21.4. The summed E-state index contributed by atoms with van der Waals surface area (Å²) >= 11 is 0. The third kappa shape index (κ3) is 6.17. The molecule has 3 aromatic rings. The normalized spacial score (nSPS) is 15.9. The van der Waals surface area contributed by atoms with Gasteiger partial charge in [-0.05, 0) is 49.4 Å². The number of aromatic nitrogens is 1. The predicted molar refractivity (Wildman–Crippen MR) is 137 cm³/mol. The number of carbonyl (C=O) groups is 1. The molecule has 0 amide bonds. The predicted octanol–water partition coefficient (Wildman–Crippen LogP) is 4.19. The first kappa shape index (κ1) is 28.4. The second-order valence-corrected chi connectivity index (χ2v) is 9.70. The van der Waals surface area contributed by atoms with Crippen LogP contribution < -0.4 is 4.74 Å². The van der Waals surface area contributed by atoms with Crippen LogP contribution in [-0.2, 0) is 11.4 Å². The van der Waals surface area contributed by atoms with Gasteiger partial charge in [0.25, 0.3) is 0 Å². The quantitative estimate of drug-likeness (QED) is 0.367. The summed E-state index contributed by atoms with van der Waals surface area (Å²) in [5.74, 6) is 1.52. The lowest BCUT2D eigenvalue weighted by Crippen LogP contribution is -2.44. The Morgan fingerprint density at radius 3 is 2.49 bits per heavy atom. The molecule has 1 atom stereocenters. The van der Waals surface area contributed by atoms with Crippen molar-refractivity contribution < 1.29 is 38.0 Å². The van der Waals surface area contributed by atoms with Crippen molar-refractivity contribution in [2.24, 2.45) is 5.41 Å². The van der Waals surface area contributed by atoms with Crippen LogP contribution in [0.25, 0.3) is 10.9 Å². The van der Waals surface area contributed by atoms with Gasteiger partial charge in [0.1, 0.15) is 23.2 Å². The first-order valence-corrected chi connectivity index (χ1v) is 12.5. The number of hydrogen-bond acceptors (Lipinski definition) is 6. The van der Waals surface area contributed by atoms with E-state index in [0.717, 1.165) is 0 Å². The zero-order valence-corrected chi connectivity index (χ0v) is 21.4. The summed E-state index contributed by atoms with van der Waals surface area (Å²) in [6.45, 7) is 0.614. The molecule has 2 aromatic carbocycles. The molecule has 1 aliphatic rings. The minimum atomic E-state index is -1.08. The summed E-state index contributed by atoms with van der Waals surface area (Å²) in [6, 6.07) is 6.36. The summed E-state index contributed by atoms with van der Waals surface area (Å²) in [6.07, 6.45) is 1.42. The van der Waals surface area contributed by atoms with Crippen LogP contribution >= 0.6 is 0 Å². The van der Waals surface area contributed by atoms with E-state index in [9.17, 15) is 33.3 Å². The maximum absolute atomic E-state index is 13.8. The Balaban J connectivity index is 1.44. The van der Waals surface area contributed by atoms with Gasteiger partial charge in [0.05, 0.1) is 42.9 Å². The standard InChI is InChI=1S/C29H29F3N2O5/c1-39-20-4-5-25-22(15-20)27(18(17-35)16-33-25)26(36)6-7-29(28(37)38)8-11-34(12-9-29)10-2-3-21-23(31)13-19(30)14-24(21)32/h4-5,13-16,26,35-36H,6-12,17H2,1H3,(H,37,38)/t26-/m0/s1. The van der Waals surface area contributed by atoms with E-state index in [1.165, 1.54) is 13.3 Å². The summed E-state index contributed by atoms with van der Waals surface area (Å²) < 4.78 is 46.0. The van der Waals surface area contributed by atoms with Gasteiger partial charge >= 0.3 is 5.97 Å². The Kier molecular flexibility index (Phi) is 8.75. The third-order valence-corrected chi connectivity index (χ3v) is 7.39. The molecule has 39 heavy (non-hydrogen) atoms. The molecule has 0 saturated carbocycles. The van der Waals surface area contributed by atoms with Gasteiger partial charge in [-0.25, -0.2) is 13.2 Å². The highest BCUT2D eigenvalue weighted by molar-refractivity contribution is 5.85. The van der Waals surface area contributed by atoms with Gasteiger partial charge in [0.15, 0.2) is 0 Å². The number of rotatable bonds is 8. The second kappa shape index (κ2) is 12.0. The topological polar surface area (TPSA) is 103 Å². The first-order chi connectivity index (χ1) is 18.7. The number of aliphatic hydroxyl groups is 2. The SMILES string of the molecule is COc1ccc2ncc(CO)c([C@@H](O)CCC3(C(=O)O)CCN(CC#Cc4c(F)cc(F)cc4F)CC3)c2c1. The average molecular weight is 543 g/mol. The van der Waals surface area contributed by atoms with Gasteiger partial charge < -0.3 is 20.1 Å². The maximum atomic E-state index is 13.8. The molecule has 1 fully saturated rings. The summed E-state index contributed by atoms with van der Waals surface area (Å²) in [5.41, 5.74) is -0.0134. The number of piperidine rings is 1. The van der Waals surface area contributed by atoms with Crippen molar-refractivity contribution in [1.29, 1.82) is 0 Å². The molecule has 4 rings (SSSR count). The number of carboxylic acids is 1. The van der Waals surface area contributed by atoms with Gasteiger partial charge in [0, 0.05) is 42.4 Å². The average Bonchev–Trinajstić information content (AvgIpc) is 2.92. The molecule has 1 saturated heterocycles. The van der Waals surface area contributed by atoms with E-state index in [1.807, 2.05) is 4.90 Å². The molecule has 7 nitrogen and oxygen atoms in total. The summed E-state index contributed by atoms with van der Waals surface area (Å²) in [5, 5.41) is 31.8. The number of pyridine rings is 1. The van der Waals surface area contributed by atoms with Gasteiger partial charge in [-0.15, -0.1) is 0 Å². The number of benzene rings is 2. The van der Waals surface area contributed by atoms with Crippen molar-refractivity contribution >= 4 is 16.9 Å². The lowest BCUT2D eigenvalue weighted by molar-refractivity contribution is -0.153. The molecule has 0 bridgehead atoms. The number of likely N-dealkylation sites (tertiary alicyclic amines) is 1. The number of hydrogen-bond donors (Lipinski definition) is 3. The fourth-order valence-electron chi connectivity index (χ4n) is 5.05. The molecule has 3 N–H and O–H groups in total. The van der Waals surface area contributed by atoms with Gasteiger partial charge in [0.2, 0.25) is 0 Å². The zero-order chi connectivity index (χ0) is 28.2. The molecule has 0 spiro atoms. The number of halogens is 3. The van der Waals surface area contributed by atoms with Gasteiger partial charge in [-0.3, -0.25) is 14.7 Å². The summed E-state index contributed by atoms with van der Waals surface area (Å²) in [4.78, 5) is 18.6. The van der Waals surface area contributed by atoms with E-state index in [-0.39, 0.29) is 26.0 Å². The Morgan fingerprint density at radius 2 is 1.87 bits per heavy atom. The van der Waals surface area contributed by atoms with Crippen molar-refractivity contribution in [1.82, 2.24) is 9.88 Å². The molecule has 0 aliphatic carbocycles. The van der Waals surface area contributed by atoms with E-state index < -0.39 is 40.5 Å². The molecule has 1 aromatic heterocycles. The van der Waals surface area contributed by atoms with Crippen LogP contribution in [0, 0.1) is 34.7 Å². The minimum absolute atomic E-state index is 0.151. The van der Waals surface area contributed by atoms with Crippen LogP contribution in [0.1, 0.15) is 48.5 Å². The van der Waals surface area contributed by atoms with E-state index in [0.29, 0.717) is 65.8 Å². The Labute approximate surface area is 223 Å². The van der Waals surface area contributed by atoms with Crippen molar-refractivity contribution in [3.05, 3.63) is 70.7 Å². The van der Waals surface area contributed by atoms with Crippen molar-refractivity contribution in [3.63, 3.8) is 0 Å². The fourth-order valence-corrected chi connectivity index (χ4v) is 5.05. The van der Waals surface area contributed by atoms with Crippen LogP contribution in [-0.4, -0.2) is 57.9 Å². The lowest BCUT2D eigenvalue weighted by Gasteiger charge is -2.38. The smallest absolute Gasteiger partial charge is 0.309 e. The van der Waals surface area contributed by atoms with Crippen LogP contribution in [0.3, 0.4) is 0 Å². The van der Waals surface area contributed by atoms with Crippen molar-refractivity contribution in [2.45, 2.75) is 38.4 Å². The number of fused-ring (bicyclic) bond motifs is 1. The van der Waals surface area contributed by atoms with Crippen molar-refractivity contribution in [3.8, 4) is 17.6 Å². The van der Waals surface area contributed by atoms with Crippen LogP contribution in [0.5, 0.6) is 5.75 Å². The molecule has 206 valence electrons. The van der Waals surface area contributed by atoms with Gasteiger partial charge in [-0.1, -0.05) is 11.8 Å². The van der Waals surface area contributed by atoms with E-state index in [2.05, 4.69) is 16.8 Å². The number of methoxy groups -OCH3 is 1. The highest BCUT2D eigenvalue weighted by Gasteiger charge is 2.41. The van der Waals surface area contributed by atoms with Crippen LogP contribution in [0.15, 0.2) is 36.5 Å². The van der Waals surface area contributed by atoms with Crippen molar-refractivity contribution in [2.75, 3.05) is 26.7 Å². The van der Waals surface area contributed by atoms with E-state index in [4.69, 9.17) is 4.74 Å². The summed E-state index contributed by atoms with van der Waals surface area (Å²) in [7, 11) is 1.52. The molecule has 2 heterocycles. The monoisotopic (exact) mass is 542 g/mol. The molecule has 10 heteroatoms. The largest absolute Gasteiger partial charge is 0.497 e. The van der Waals surface area contributed by atoms with E-state index in [1.54, 1.807) is 18.2 Å². The number of nitrogens with zero attached hydrogens (tertiary/aromatic N) is 2. The number of ether oxygens (including phenoxy) is 1. The lowest BCUT2D eigenvalue weighted by atomic mass is 9.74. The number of carboxylic acid groups (broad SMARTS) is 1. The van der Waals surface area contributed by atoms with Crippen LogP contribution in [0.2, 0.25) is 0 Å². The number of aliphatic hydroxyl groups excluding tert-OH is 2. The molecule has 1 aliphatic heterocycles.